The molecule has 27 heavy (non-hydrogen) atoms. The average Bonchev–Trinajstić information content (AvgIpc) is 2.64. The van der Waals surface area contributed by atoms with Gasteiger partial charge in [-0.2, -0.15) is 13.2 Å². The van der Waals surface area contributed by atoms with Crippen molar-refractivity contribution in [3.8, 4) is 0 Å². The Bertz CT molecular complexity index is 776. The van der Waals surface area contributed by atoms with E-state index in [0.717, 1.165) is 10.5 Å². The number of carbonyl (C=O) groups excluding carboxylic acids is 2. The van der Waals surface area contributed by atoms with Gasteiger partial charge in [-0.25, -0.2) is 0 Å². The van der Waals surface area contributed by atoms with Crippen molar-refractivity contribution in [2.75, 3.05) is 11.9 Å². The summed E-state index contributed by atoms with van der Waals surface area (Å²) in [5, 5.41) is 2.74. The number of halogens is 3. The molecule has 2 amide bonds. The van der Waals surface area contributed by atoms with Crippen molar-refractivity contribution < 1.29 is 22.8 Å². The van der Waals surface area contributed by atoms with Crippen LogP contribution >= 0.6 is 0 Å². The highest BCUT2D eigenvalue weighted by atomic mass is 19.4. The van der Waals surface area contributed by atoms with Crippen molar-refractivity contribution >= 4 is 17.5 Å². The van der Waals surface area contributed by atoms with E-state index in [1.54, 1.807) is 24.3 Å². The minimum Gasteiger partial charge on any atom is -0.331 e. The number of hydrogen-bond acceptors (Lipinski definition) is 2. The molecule has 2 aromatic carbocycles. The van der Waals surface area contributed by atoms with Crippen LogP contribution in [0, 0.1) is 0 Å². The summed E-state index contributed by atoms with van der Waals surface area (Å²) >= 11 is 0. The normalized spacial score (nSPS) is 11.1. The predicted octanol–water partition coefficient (Wildman–Crippen LogP) is 4.17. The number of benzene rings is 2. The molecule has 2 aromatic rings. The highest BCUT2D eigenvalue weighted by Crippen LogP contribution is 2.21. The zero-order valence-electron chi connectivity index (χ0n) is 14.9. The Hall–Kier alpha value is -2.83. The van der Waals surface area contributed by atoms with Crippen LogP contribution in [-0.4, -0.2) is 29.4 Å². The summed E-state index contributed by atoms with van der Waals surface area (Å²) in [4.78, 5) is 24.2. The molecule has 0 aromatic heterocycles. The van der Waals surface area contributed by atoms with Gasteiger partial charge in [-0.3, -0.25) is 9.59 Å². The molecule has 0 unspecified atom stereocenters. The number of alkyl halides is 3. The molecule has 0 radical (unpaired) electrons. The Labute approximate surface area is 156 Å². The fourth-order valence-corrected chi connectivity index (χ4v) is 2.60. The van der Waals surface area contributed by atoms with Crippen molar-refractivity contribution in [2.45, 2.75) is 32.5 Å². The number of rotatable bonds is 7. The molecule has 0 fully saturated rings. The summed E-state index contributed by atoms with van der Waals surface area (Å²) in [6.45, 7) is 1.24. The summed E-state index contributed by atoms with van der Waals surface area (Å²) in [5.74, 6) is -2.06. The molecule has 0 aliphatic carbocycles. The van der Waals surface area contributed by atoms with E-state index >= 15 is 0 Å². The Balaban J connectivity index is 1.96. The summed E-state index contributed by atoms with van der Waals surface area (Å²) < 4.78 is 37.9. The quantitative estimate of drug-likeness (QED) is 0.786. The number of aryl methyl sites for hydroxylation is 1. The number of nitrogens with one attached hydrogen (secondary N) is 1. The first-order valence-corrected chi connectivity index (χ1v) is 8.58. The Morgan fingerprint density at radius 1 is 1.00 bits per heavy atom. The largest absolute Gasteiger partial charge is 0.471 e. The van der Waals surface area contributed by atoms with Crippen LogP contribution in [0.15, 0.2) is 54.6 Å². The van der Waals surface area contributed by atoms with Gasteiger partial charge in [0.05, 0.1) is 0 Å². The molecule has 2 rings (SSSR count). The first-order chi connectivity index (χ1) is 12.8. The van der Waals surface area contributed by atoms with E-state index < -0.39 is 12.1 Å². The van der Waals surface area contributed by atoms with Gasteiger partial charge in [-0.15, -0.1) is 0 Å². The van der Waals surface area contributed by atoms with Gasteiger partial charge in [0, 0.05) is 25.2 Å². The molecule has 0 saturated heterocycles. The molecule has 0 saturated carbocycles. The maximum atomic E-state index is 12.6. The molecule has 0 aliphatic rings. The number of anilines is 1. The topological polar surface area (TPSA) is 49.4 Å². The Morgan fingerprint density at radius 2 is 1.67 bits per heavy atom. The lowest BCUT2D eigenvalue weighted by Crippen LogP contribution is -2.40. The van der Waals surface area contributed by atoms with Gasteiger partial charge < -0.3 is 10.2 Å². The van der Waals surface area contributed by atoms with Crippen molar-refractivity contribution in [1.82, 2.24) is 4.90 Å². The fourth-order valence-electron chi connectivity index (χ4n) is 2.60. The lowest BCUT2D eigenvalue weighted by Gasteiger charge is -2.22. The molecule has 0 heterocycles. The summed E-state index contributed by atoms with van der Waals surface area (Å²) in [6, 6.07) is 16.1. The maximum absolute atomic E-state index is 12.6. The van der Waals surface area contributed by atoms with Gasteiger partial charge in [0.1, 0.15) is 0 Å². The molecule has 1 N–H and O–H groups in total. The van der Waals surface area contributed by atoms with Gasteiger partial charge in [0.25, 0.3) is 0 Å². The first kappa shape index (κ1) is 20.5. The Kier molecular flexibility index (Phi) is 6.98. The van der Waals surface area contributed by atoms with E-state index in [2.05, 4.69) is 5.32 Å². The number of amides is 2. The van der Waals surface area contributed by atoms with Gasteiger partial charge in [0.2, 0.25) is 5.91 Å². The number of carbonyl (C=O) groups is 2. The van der Waals surface area contributed by atoms with E-state index in [1.807, 2.05) is 30.3 Å². The van der Waals surface area contributed by atoms with E-state index in [0.29, 0.717) is 24.1 Å². The highest BCUT2D eigenvalue weighted by Gasteiger charge is 2.41. The van der Waals surface area contributed by atoms with Crippen LogP contribution in [-0.2, 0) is 22.6 Å². The predicted molar refractivity (Wildman–Crippen MR) is 97.0 cm³/mol. The second-order valence-corrected chi connectivity index (χ2v) is 6.05. The minimum atomic E-state index is -4.90. The minimum absolute atomic E-state index is 0.0635. The van der Waals surface area contributed by atoms with E-state index in [9.17, 15) is 22.8 Å². The molecule has 4 nitrogen and oxygen atoms in total. The van der Waals surface area contributed by atoms with Crippen molar-refractivity contribution in [1.29, 1.82) is 0 Å². The van der Waals surface area contributed by atoms with Gasteiger partial charge in [-0.1, -0.05) is 42.5 Å². The molecular weight excluding hydrogens is 357 g/mol. The SMILES string of the molecule is CCN(Cc1cccc(NC(=O)CCc2ccccc2)c1)C(=O)C(F)(F)F. The van der Waals surface area contributed by atoms with Crippen molar-refractivity contribution in [3.05, 3.63) is 65.7 Å². The van der Waals surface area contributed by atoms with Crippen LogP contribution in [0.5, 0.6) is 0 Å². The van der Waals surface area contributed by atoms with Crippen LogP contribution < -0.4 is 5.32 Å². The third-order valence-electron chi connectivity index (χ3n) is 3.98. The van der Waals surface area contributed by atoms with Crippen LogP contribution in [0.3, 0.4) is 0 Å². The third-order valence-corrected chi connectivity index (χ3v) is 3.98. The van der Waals surface area contributed by atoms with Crippen LogP contribution in [0.25, 0.3) is 0 Å². The average molecular weight is 378 g/mol. The zero-order chi connectivity index (χ0) is 19.9. The highest BCUT2D eigenvalue weighted by molar-refractivity contribution is 5.91. The summed E-state index contributed by atoms with van der Waals surface area (Å²) in [6.07, 6.45) is -4.02. The summed E-state index contributed by atoms with van der Waals surface area (Å²) in [5.41, 5.74) is 2.04. The standard InChI is InChI=1S/C20H21F3N2O2/c1-2-25(19(27)20(21,22)23)14-16-9-6-10-17(13-16)24-18(26)12-11-15-7-4-3-5-8-15/h3-10,13H,2,11-12,14H2,1H3,(H,24,26). The second kappa shape index (κ2) is 9.21. The third kappa shape index (κ3) is 6.44. The van der Waals surface area contributed by atoms with E-state index in [4.69, 9.17) is 0 Å². The van der Waals surface area contributed by atoms with Crippen molar-refractivity contribution in [3.63, 3.8) is 0 Å². The van der Waals surface area contributed by atoms with Gasteiger partial charge in [0.15, 0.2) is 0 Å². The van der Waals surface area contributed by atoms with Crippen LogP contribution in [0.4, 0.5) is 18.9 Å². The molecule has 0 bridgehead atoms. The first-order valence-electron chi connectivity index (χ1n) is 8.58. The smallest absolute Gasteiger partial charge is 0.331 e. The second-order valence-electron chi connectivity index (χ2n) is 6.05. The van der Waals surface area contributed by atoms with Gasteiger partial charge >= 0.3 is 12.1 Å². The summed E-state index contributed by atoms with van der Waals surface area (Å²) in [7, 11) is 0. The number of hydrogen-bond donors (Lipinski definition) is 1. The molecule has 0 spiro atoms. The molecular formula is C20H21F3N2O2. The van der Waals surface area contributed by atoms with Crippen LogP contribution in [0.1, 0.15) is 24.5 Å². The van der Waals surface area contributed by atoms with E-state index in [-0.39, 0.29) is 19.0 Å². The maximum Gasteiger partial charge on any atom is 0.471 e. The molecule has 0 atom stereocenters. The lowest BCUT2D eigenvalue weighted by atomic mass is 10.1. The molecule has 7 heteroatoms. The Morgan fingerprint density at radius 3 is 2.30 bits per heavy atom. The van der Waals surface area contributed by atoms with E-state index in [1.165, 1.54) is 6.92 Å². The monoisotopic (exact) mass is 378 g/mol. The lowest BCUT2D eigenvalue weighted by molar-refractivity contribution is -0.185. The van der Waals surface area contributed by atoms with Crippen LogP contribution in [0.2, 0.25) is 0 Å². The fraction of sp³-hybridized carbons (Fsp3) is 0.300. The molecule has 0 aliphatic heterocycles. The molecule has 144 valence electrons. The zero-order valence-corrected chi connectivity index (χ0v) is 14.9. The number of nitrogens with zero attached hydrogens (tertiary/aromatic N) is 1. The van der Waals surface area contributed by atoms with Crippen molar-refractivity contribution in [2.24, 2.45) is 0 Å². The van der Waals surface area contributed by atoms with Gasteiger partial charge in [-0.05, 0) is 36.6 Å².